The maximum absolute atomic E-state index is 5.91. The molecule has 3 N–H and O–H groups in total. The lowest BCUT2D eigenvalue weighted by atomic mass is 10.1. The summed E-state index contributed by atoms with van der Waals surface area (Å²) >= 11 is 6.91. The molecule has 0 radical (unpaired) electrons. The smallest absolute Gasteiger partial charge is 0.107 e. The van der Waals surface area contributed by atoms with Gasteiger partial charge in [-0.25, -0.2) is 0 Å². The molecular weight excluding hydrogens is 298 g/mol. The average Bonchev–Trinajstić information content (AvgIpc) is 2.93. The topological polar surface area (TPSA) is 41.3 Å². The van der Waals surface area contributed by atoms with Gasteiger partial charge in [-0.1, -0.05) is 18.3 Å². The standard InChI is InChI=1S/C16H25N3S2/c1-11(2)19-8-7-12(10-19)9-18-13-5-4-6-14(21-3)15(13)16(17)20/h4-6,11-12,18H,7-10H2,1-3H3,(H2,17,20). The number of thiocarbonyl (C=S) groups is 1. The number of rotatable bonds is 6. The second kappa shape index (κ2) is 7.47. The number of benzene rings is 1. The van der Waals surface area contributed by atoms with Gasteiger partial charge in [-0.05, 0) is 51.1 Å². The van der Waals surface area contributed by atoms with Crippen molar-refractivity contribution in [2.24, 2.45) is 11.7 Å². The third-order valence-corrected chi connectivity index (χ3v) is 5.11. The summed E-state index contributed by atoms with van der Waals surface area (Å²) in [5.41, 5.74) is 7.96. The monoisotopic (exact) mass is 323 g/mol. The number of nitrogens with one attached hydrogen (secondary N) is 1. The van der Waals surface area contributed by atoms with E-state index in [1.807, 2.05) is 0 Å². The number of nitrogens with two attached hydrogens (primary N) is 1. The molecule has 1 aliphatic heterocycles. The van der Waals surface area contributed by atoms with Crippen LogP contribution in [0.4, 0.5) is 5.69 Å². The molecule has 1 aromatic carbocycles. The maximum atomic E-state index is 5.91. The average molecular weight is 324 g/mol. The lowest BCUT2D eigenvalue weighted by Crippen LogP contribution is -2.29. The van der Waals surface area contributed by atoms with Gasteiger partial charge in [0.25, 0.3) is 0 Å². The Morgan fingerprint density at radius 1 is 1.52 bits per heavy atom. The number of hydrogen-bond acceptors (Lipinski definition) is 4. The molecule has 116 valence electrons. The van der Waals surface area contributed by atoms with Crippen LogP contribution in [0.15, 0.2) is 23.1 Å². The van der Waals surface area contributed by atoms with E-state index in [0.29, 0.717) is 16.9 Å². The van der Waals surface area contributed by atoms with E-state index in [4.69, 9.17) is 18.0 Å². The number of likely N-dealkylation sites (tertiary alicyclic amines) is 1. The van der Waals surface area contributed by atoms with Crippen LogP contribution in [-0.2, 0) is 0 Å². The van der Waals surface area contributed by atoms with Gasteiger partial charge < -0.3 is 16.0 Å². The van der Waals surface area contributed by atoms with Gasteiger partial charge in [0.1, 0.15) is 4.99 Å². The molecule has 0 aromatic heterocycles. The summed E-state index contributed by atoms with van der Waals surface area (Å²) in [5, 5.41) is 3.56. The van der Waals surface area contributed by atoms with Crippen LogP contribution in [0.25, 0.3) is 0 Å². The zero-order valence-corrected chi connectivity index (χ0v) is 14.7. The molecule has 1 fully saturated rings. The molecule has 0 aliphatic carbocycles. The molecule has 0 spiro atoms. The fourth-order valence-corrected chi connectivity index (χ4v) is 3.78. The van der Waals surface area contributed by atoms with Crippen molar-refractivity contribution in [3.05, 3.63) is 23.8 Å². The highest BCUT2D eigenvalue weighted by molar-refractivity contribution is 7.98. The SMILES string of the molecule is CSc1cccc(NCC2CCN(C(C)C)C2)c1C(N)=S. The molecule has 1 aromatic rings. The fourth-order valence-electron chi connectivity index (χ4n) is 2.86. The Kier molecular flexibility index (Phi) is 5.90. The van der Waals surface area contributed by atoms with E-state index in [1.54, 1.807) is 11.8 Å². The summed E-state index contributed by atoms with van der Waals surface area (Å²) in [6.45, 7) is 7.90. The first-order chi connectivity index (χ1) is 10.0. The summed E-state index contributed by atoms with van der Waals surface area (Å²) in [6, 6.07) is 6.84. The van der Waals surface area contributed by atoms with Crippen LogP contribution >= 0.6 is 24.0 Å². The van der Waals surface area contributed by atoms with Gasteiger partial charge in [-0.2, -0.15) is 0 Å². The van der Waals surface area contributed by atoms with Crippen LogP contribution < -0.4 is 11.1 Å². The molecule has 1 aliphatic rings. The van der Waals surface area contributed by atoms with Crippen molar-refractivity contribution in [2.45, 2.75) is 31.2 Å². The molecule has 1 heterocycles. The highest BCUT2D eigenvalue weighted by Crippen LogP contribution is 2.28. The third-order valence-electron chi connectivity index (χ3n) is 4.12. The minimum absolute atomic E-state index is 0.470. The molecule has 0 bridgehead atoms. The predicted molar refractivity (Wildman–Crippen MR) is 97.4 cm³/mol. The van der Waals surface area contributed by atoms with Crippen LogP contribution in [0, 0.1) is 5.92 Å². The Labute approximate surface area is 137 Å². The zero-order valence-electron chi connectivity index (χ0n) is 13.1. The molecule has 21 heavy (non-hydrogen) atoms. The first kappa shape index (κ1) is 16.6. The van der Waals surface area contributed by atoms with Crippen LogP contribution in [0.5, 0.6) is 0 Å². The van der Waals surface area contributed by atoms with Crippen LogP contribution in [0.1, 0.15) is 25.8 Å². The number of hydrogen-bond donors (Lipinski definition) is 2. The van der Waals surface area contributed by atoms with E-state index in [1.165, 1.54) is 19.5 Å². The van der Waals surface area contributed by atoms with E-state index < -0.39 is 0 Å². The molecule has 1 saturated heterocycles. The van der Waals surface area contributed by atoms with Gasteiger partial charge in [0.05, 0.1) is 0 Å². The van der Waals surface area contributed by atoms with Crippen molar-refractivity contribution >= 4 is 34.7 Å². The van der Waals surface area contributed by atoms with Gasteiger partial charge in [0.2, 0.25) is 0 Å². The van der Waals surface area contributed by atoms with Crippen molar-refractivity contribution in [1.29, 1.82) is 0 Å². The lowest BCUT2D eigenvalue weighted by molar-refractivity contribution is 0.266. The summed E-state index contributed by atoms with van der Waals surface area (Å²) in [4.78, 5) is 4.15. The number of thioether (sulfide) groups is 1. The van der Waals surface area contributed by atoms with Gasteiger partial charge in [-0.3, -0.25) is 0 Å². The van der Waals surface area contributed by atoms with Crippen molar-refractivity contribution < 1.29 is 0 Å². The Balaban J connectivity index is 2.02. The van der Waals surface area contributed by atoms with E-state index in [-0.39, 0.29) is 0 Å². The Bertz CT molecular complexity index is 502. The number of anilines is 1. The Hall–Kier alpha value is -0.780. The fraction of sp³-hybridized carbons (Fsp3) is 0.562. The summed E-state index contributed by atoms with van der Waals surface area (Å²) < 4.78 is 0. The predicted octanol–water partition coefficient (Wildman–Crippen LogP) is 3.18. The third kappa shape index (κ3) is 4.11. The van der Waals surface area contributed by atoms with Gasteiger partial charge >= 0.3 is 0 Å². The quantitative estimate of drug-likeness (QED) is 0.621. The van der Waals surface area contributed by atoms with Crippen molar-refractivity contribution in [3.8, 4) is 0 Å². The van der Waals surface area contributed by atoms with Gasteiger partial charge in [0.15, 0.2) is 0 Å². The molecule has 1 unspecified atom stereocenters. The minimum Gasteiger partial charge on any atom is -0.389 e. The van der Waals surface area contributed by atoms with E-state index in [2.05, 4.69) is 48.5 Å². The molecule has 5 heteroatoms. The summed E-state index contributed by atoms with van der Waals surface area (Å²) in [5.74, 6) is 0.699. The van der Waals surface area contributed by atoms with Crippen LogP contribution in [-0.4, -0.2) is 41.8 Å². The van der Waals surface area contributed by atoms with E-state index in [0.717, 1.165) is 22.7 Å². The molecule has 1 atom stereocenters. The highest BCUT2D eigenvalue weighted by atomic mass is 32.2. The molecule has 2 rings (SSSR count). The number of nitrogens with zero attached hydrogens (tertiary/aromatic N) is 1. The molecule has 3 nitrogen and oxygen atoms in total. The maximum Gasteiger partial charge on any atom is 0.107 e. The summed E-state index contributed by atoms with van der Waals surface area (Å²) in [6.07, 6.45) is 3.31. The summed E-state index contributed by atoms with van der Waals surface area (Å²) in [7, 11) is 0. The lowest BCUT2D eigenvalue weighted by Gasteiger charge is -2.21. The Morgan fingerprint density at radius 3 is 2.86 bits per heavy atom. The van der Waals surface area contributed by atoms with Crippen molar-refractivity contribution in [2.75, 3.05) is 31.2 Å². The van der Waals surface area contributed by atoms with Gasteiger partial charge in [-0.15, -0.1) is 11.8 Å². The minimum atomic E-state index is 0.470. The Morgan fingerprint density at radius 2 is 2.29 bits per heavy atom. The molecular formula is C16H25N3S2. The van der Waals surface area contributed by atoms with Crippen molar-refractivity contribution in [3.63, 3.8) is 0 Å². The van der Waals surface area contributed by atoms with Crippen molar-refractivity contribution in [1.82, 2.24) is 4.90 Å². The normalized spacial score (nSPS) is 19.1. The highest BCUT2D eigenvalue weighted by Gasteiger charge is 2.24. The second-order valence-corrected chi connectivity index (χ2v) is 7.16. The second-order valence-electron chi connectivity index (χ2n) is 5.87. The van der Waals surface area contributed by atoms with E-state index >= 15 is 0 Å². The van der Waals surface area contributed by atoms with Crippen LogP contribution in [0.2, 0.25) is 0 Å². The molecule has 0 amide bonds. The van der Waals surface area contributed by atoms with E-state index in [9.17, 15) is 0 Å². The first-order valence-corrected chi connectivity index (χ1v) is 9.11. The largest absolute Gasteiger partial charge is 0.389 e. The first-order valence-electron chi connectivity index (χ1n) is 7.47. The zero-order chi connectivity index (χ0) is 15.4. The van der Waals surface area contributed by atoms with Crippen LogP contribution in [0.3, 0.4) is 0 Å². The van der Waals surface area contributed by atoms with Gasteiger partial charge in [0, 0.05) is 35.3 Å². The molecule has 0 saturated carbocycles.